The molecule has 0 spiro atoms. The predicted octanol–water partition coefficient (Wildman–Crippen LogP) is 2.72. The molecule has 1 aliphatic heterocycles. The van der Waals surface area contributed by atoms with E-state index in [9.17, 15) is 8.76 Å². The molecule has 0 saturated carbocycles. The van der Waals surface area contributed by atoms with Gasteiger partial charge in [-0.15, -0.1) is 0 Å². The van der Waals surface area contributed by atoms with Gasteiger partial charge in [0.25, 0.3) is 5.88 Å². The van der Waals surface area contributed by atoms with E-state index in [4.69, 9.17) is 14.0 Å². The van der Waals surface area contributed by atoms with E-state index in [1.54, 1.807) is 13.0 Å². The van der Waals surface area contributed by atoms with Crippen LogP contribution in [0.2, 0.25) is 0 Å². The van der Waals surface area contributed by atoms with Crippen molar-refractivity contribution in [2.24, 2.45) is 0 Å². The van der Waals surface area contributed by atoms with Crippen molar-refractivity contribution in [3.05, 3.63) is 30.0 Å². The second kappa shape index (κ2) is 10.3. The lowest BCUT2D eigenvalue weighted by Gasteiger charge is -2.30. The zero-order valence-electron chi connectivity index (χ0n) is 19.3. The average Bonchev–Trinajstić information content (AvgIpc) is 3.32. The van der Waals surface area contributed by atoms with E-state index < -0.39 is 11.1 Å². The summed E-state index contributed by atoms with van der Waals surface area (Å²) in [6.45, 7) is 7.16. The van der Waals surface area contributed by atoms with E-state index in [2.05, 4.69) is 35.3 Å². The monoisotopic (exact) mass is 488 g/mol. The standard InChI is InChI=1S/C21H27N7O5S/c1-12(2)18-26-21(33-27-18)28-9-7-14(8-10-28)32-20-17(31-4)19(22-11-23-20)25-15-5-6-16(34(29)30)24-13(15)3/h5-6,11-12,14H,7-10H2,1-4H3,(H,29,30)(H,22,23,25)/p-1. The number of pyridine rings is 1. The van der Waals surface area contributed by atoms with E-state index >= 15 is 0 Å². The summed E-state index contributed by atoms with van der Waals surface area (Å²) < 4.78 is 39.3. The van der Waals surface area contributed by atoms with Gasteiger partial charge in [-0.1, -0.05) is 19.0 Å². The Hall–Kier alpha value is -3.32. The van der Waals surface area contributed by atoms with Crippen molar-refractivity contribution in [2.75, 3.05) is 30.4 Å². The molecule has 34 heavy (non-hydrogen) atoms. The third-order valence-electron chi connectivity index (χ3n) is 5.40. The summed E-state index contributed by atoms with van der Waals surface area (Å²) in [7, 11) is 1.51. The van der Waals surface area contributed by atoms with Gasteiger partial charge in [0.05, 0.1) is 18.5 Å². The van der Waals surface area contributed by atoms with Gasteiger partial charge in [-0.05, 0) is 30.1 Å². The quantitative estimate of drug-likeness (QED) is 0.464. The average molecular weight is 489 g/mol. The lowest BCUT2D eigenvalue weighted by atomic mass is 10.1. The number of aromatic nitrogens is 5. The molecule has 3 aromatic heterocycles. The summed E-state index contributed by atoms with van der Waals surface area (Å²) in [6.07, 6.45) is 2.79. The van der Waals surface area contributed by atoms with Crippen LogP contribution in [0.1, 0.15) is 44.1 Å². The number of hydrogen-bond acceptors (Lipinski definition) is 12. The van der Waals surface area contributed by atoms with Crippen LogP contribution in [-0.2, 0) is 11.1 Å². The van der Waals surface area contributed by atoms with Crippen LogP contribution in [0.3, 0.4) is 0 Å². The summed E-state index contributed by atoms with van der Waals surface area (Å²) in [5, 5.41) is 7.12. The Morgan fingerprint density at radius 3 is 2.62 bits per heavy atom. The van der Waals surface area contributed by atoms with Crippen molar-refractivity contribution in [1.82, 2.24) is 25.1 Å². The molecule has 0 bridgehead atoms. The van der Waals surface area contributed by atoms with Gasteiger partial charge in [0, 0.05) is 31.8 Å². The molecule has 13 heteroatoms. The molecule has 1 atom stereocenters. The van der Waals surface area contributed by atoms with E-state index in [1.165, 1.54) is 19.5 Å². The Labute approximate surface area is 199 Å². The van der Waals surface area contributed by atoms with E-state index in [-0.39, 0.29) is 17.0 Å². The van der Waals surface area contributed by atoms with Gasteiger partial charge in [0.2, 0.25) is 5.75 Å². The molecule has 1 fully saturated rings. The number of nitrogens with zero attached hydrogens (tertiary/aromatic N) is 6. The highest BCUT2D eigenvalue weighted by atomic mass is 32.2. The van der Waals surface area contributed by atoms with Gasteiger partial charge in [-0.2, -0.15) is 9.97 Å². The van der Waals surface area contributed by atoms with Crippen molar-refractivity contribution >= 4 is 28.6 Å². The van der Waals surface area contributed by atoms with Crippen LogP contribution in [0.25, 0.3) is 0 Å². The number of aryl methyl sites for hydroxylation is 1. The second-order valence-corrected chi connectivity index (χ2v) is 8.98. The zero-order valence-corrected chi connectivity index (χ0v) is 20.2. The minimum absolute atomic E-state index is 0.0333. The highest BCUT2D eigenvalue weighted by Crippen LogP contribution is 2.35. The van der Waals surface area contributed by atoms with Gasteiger partial charge >= 0.3 is 6.01 Å². The van der Waals surface area contributed by atoms with Gasteiger partial charge in [-0.25, -0.2) is 9.97 Å². The lowest BCUT2D eigenvalue weighted by molar-refractivity contribution is 0.155. The molecular weight excluding hydrogens is 462 g/mol. The predicted molar refractivity (Wildman–Crippen MR) is 122 cm³/mol. The van der Waals surface area contributed by atoms with Crippen LogP contribution in [0.5, 0.6) is 11.6 Å². The Balaban J connectivity index is 1.43. The normalized spacial score (nSPS) is 15.4. The molecule has 1 saturated heterocycles. The molecule has 12 nitrogen and oxygen atoms in total. The maximum absolute atomic E-state index is 11.1. The van der Waals surface area contributed by atoms with Crippen LogP contribution >= 0.6 is 0 Å². The molecule has 1 unspecified atom stereocenters. The minimum Gasteiger partial charge on any atom is -0.767 e. The highest BCUT2D eigenvalue weighted by molar-refractivity contribution is 7.79. The smallest absolute Gasteiger partial charge is 0.324 e. The maximum Gasteiger partial charge on any atom is 0.324 e. The van der Waals surface area contributed by atoms with Gasteiger partial charge in [0.1, 0.15) is 17.5 Å². The number of piperidine rings is 1. The molecule has 0 radical (unpaired) electrons. The fourth-order valence-electron chi connectivity index (χ4n) is 3.52. The maximum atomic E-state index is 11.1. The molecule has 1 aliphatic rings. The number of methoxy groups -OCH3 is 1. The first-order chi connectivity index (χ1) is 16.4. The zero-order chi connectivity index (χ0) is 24.2. The van der Waals surface area contributed by atoms with Crippen molar-refractivity contribution in [3.8, 4) is 11.6 Å². The Morgan fingerprint density at radius 1 is 1.24 bits per heavy atom. The largest absolute Gasteiger partial charge is 0.767 e. The Morgan fingerprint density at radius 2 is 2.00 bits per heavy atom. The molecule has 0 amide bonds. The van der Waals surface area contributed by atoms with E-state index in [0.717, 1.165) is 12.8 Å². The highest BCUT2D eigenvalue weighted by Gasteiger charge is 2.26. The summed E-state index contributed by atoms with van der Waals surface area (Å²) in [5.74, 6) is 1.96. The van der Waals surface area contributed by atoms with Crippen LogP contribution in [-0.4, -0.2) is 60.2 Å². The first-order valence-corrected chi connectivity index (χ1v) is 11.9. The molecule has 0 aromatic carbocycles. The number of nitrogens with one attached hydrogen (secondary N) is 1. The third-order valence-corrected chi connectivity index (χ3v) is 5.97. The van der Waals surface area contributed by atoms with Crippen molar-refractivity contribution in [2.45, 2.75) is 50.7 Å². The number of rotatable bonds is 8. The summed E-state index contributed by atoms with van der Waals surface area (Å²) in [6, 6.07) is 3.56. The summed E-state index contributed by atoms with van der Waals surface area (Å²) >= 11 is -2.40. The first-order valence-electron chi connectivity index (χ1n) is 10.8. The summed E-state index contributed by atoms with van der Waals surface area (Å²) in [5.41, 5.74) is 1.09. The van der Waals surface area contributed by atoms with Crippen LogP contribution < -0.4 is 19.7 Å². The molecule has 182 valence electrons. The van der Waals surface area contributed by atoms with Crippen molar-refractivity contribution in [1.29, 1.82) is 0 Å². The van der Waals surface area contributed by atoms with Gasteiger partial charge < -0.3 is 28.8 Å². The lowest BCUT2D eigenvalue weighted by Crippen LogP contribution is -2.38. The Kier molecular flexibility index (Phi) is 7.22. The van der Waals surface area contributed by atoms with Gasteiger partial charge in [0.15, 0.2) is 11.6 Å². The van der Waals surface area contributed by atoms with Crippen LogP contribution in [0.4, 0.5) is 17.5 Å². The SMILES string of the molecule is COc1c(Nc2ccc(S(=O)[O-])nc2C)ncnc1OC1CCN(c2nc(C(C)C)no2)CC1. The number of anilines is 3. The van der Waals surface area contributed by atoms with Crippen molar-refractivity contribution < 1.29 is 22.8 Å². The summed E-state index contributed by atoms with van der Waals surface area (Å²) in [4.78, 5) is 19.1. The third kappa shape index (κ3) is 5.25. The fraction of sp³-hybridized carbons (Fsp3) is 0.476. The minimum atomic E-state index is -2.40. The van der Waals surface area contributed by atoms with Crippen LogP contribution in [0, 0.1) is 6.92 Å². The first kappa shape index (κ1) is 23.8. The molecule has 4 rings (SSSR count). The van der Waals surface area contributed by atoms with Crippen LogP contribution in [0.15, 0.2) is 28.0 Å². The molecule has 0 aliphatic carbocycles. The molecule has 4 heterocycles. The van der Waals surface area contributed by atoms with Crippen molar-refractivity contribution in [3.63, 3.8) is 0 Å². The second-order valence-electron chi connectivity index (χ2n) is 8.10. The molecular formula is C21H26N7O5S-. The number of hydrogen-bond donors (Lipinski definition) is 1. The fourth-order valence-corrected chi connectivity index (χ4v) is 3.91. The van der Waals surface area contributed by atoms with Gasteiger partial charge in [-0.3, -0.25) is 4.21 Å². The van der Waals surface area contributed by atoms with E-state index in [0.29, 0.717) is 53.8 Å². The molecule has 1 N–H and O–H groups in total. The topological polar surface area (TPSA) is 151 Å². The molecule has 3 aromatic rings. The Bertz CT molecular complexity index is 1160. The van der Waals surface area contributed by atoms with E-state index in [1.807, 2.05) is 13.8 Å². The number of ether oxygens (including phenoxy) is 2.